The van der Waals surface area contributed by atoms with Crippen LogP contribution in [0.25, 0.3) is 0 Å². The first-order valence-electron chi connectivity index (χ1n) is 11.8. The number of nitrogens with one attached hydrogen (secondary N) is 1. The molecule has 35 heavy (non-hydrogen) atoms. The molecule has 2 aliphatic rings. The third kappa shape index (κ3) is 4.73. The van der Waals surface area contributed by atoms with Crippen LogP contribution in [0.2, 0.25) is 0 Å². The van der Waals surface area contributed by atoms with E-state index in [1.54, 1.807) is 6.07 Å². The highest BCUT2D eigenvalue weighted by Gasteiger charge is 2.48. The monoisotopic (exact) mass is 488 g/mol. The van der Waals surface area contributed by atoms with Gasteiger partial charge in [-0.25, -0.2) is 0 Å². The second kappa shape index (κ2) is 9.17. The summed E-state index contributed by atoms with van der Waals surface area (Å²) < 4.78 is 42.3. The van der Waals surface area contributed by atoms with Crippen LogP contribution in [-0.4, -0.2) is 58.5 Å². The first-order valence-corrected chi connectivity index (χ1v) is 11.8. The largest absolute Gasteiger partial charge is 0.414 e. The number of likely N-dealkylation sites (tertiary alicyclic amines) is 1. The highest BCUT2D eigenvalue weighted by molar-refractivity contribution is 5.87. The maximum Gasteiger partial charge on any atom is 0.414 e. The predicted octanol–water partition coefficient (Wildman–Crippen LogP) is 4.47. The van der Waals surface area contributed by atoms with Crippen LogP contribution in [-0.2, 0) is 21.4 Å². The van der Waals surface area contributed by atoms with Gasteiger partial charge in [0.1, 0.15) is 6.04 Å². The third-order valence-electron chi connectivity index (χ3n) is 7.40. The first kappa shape index (κ1) is 25.0. The molecule has 0 radical (unpaired) electrons. The number of hydrogen-bond donors (Lipinski definition) is 1. The molecule has 1 fully saturated rings. The molecule has 188 valence electrons. The first-order chi connectivity index (χ1) is 16.4. The average molecular weight is 489 g/mol. The molecule has 4 rings (SSSR count). The summed E-state index contributed by atoms with van der Waals surface area (Å²) in [6.07, 6.45) is -1.59. The Balaban J connectivity index is 1.53. The fraction of sp³-hybridized carbons (Fsp3) is 0.500. The number of carbonyl (C=O) groups excluding carboxylic acids is 2. The molecule has 2 amide bonds. The van der Waals surface area contributed by atoms with Gasteiger partial charge in [-0.1, -0.05) is 38.1 Å². The molecule has 0 unspecified atom stereocenters. The van der Waals surface area contributed by atoms with E-state index in [-0.39, 0.29) is 23.1 Å². The minimum atomic E-state index is -4.72. The fourth-order valence-corrected chi connectivity index (χ4v) is 5.42. The Morgan fingerprint density at radius 2 is 1.91 bits per heavy atom. The van der Waals surface area contributed by atoms with Crippen molar-refractivity contribution in [2.24, 2.45) is 0 Å². The highest BCUT2D eigenvalue weighted by atomic mass is 19.4. The number of nitrogens with zero attached hydrogens (tertiary/aromatic N) is 3. The van der Waals surface area contributed by atoms with Gasteiger partial charge in [0.15, 0.2) is 6.04 Å². The predicted molar refractivity (Wildman–Crippen MR) is 127 cm³/mol. The van der Waals surface area contributed by atoms with Crippen molar-refractivity contribution in [3.8, 4) is 0 Å². The van der Waals surface area contributed by atoms with Crippen LogP contribution >= 0.6 is 0 Å². The van der Waals surface area contributed by atoms with Gasteiger partial charge < -0.3 is 15.1 Å². The maximum atomic E-state index is 14.1. The van der Waals surface area contributed by atoms with E-state index >= 15 is 0 Å². The minimum absolute atomic E-state index is 0.0649. The zero-order valence-electron chi connectivity index (χ0n) is 20.4. The number of rotatable bonds is 5. The topological polar surface area (TPSA) is 65.5 Å². The van der Waals surface area contributed by atoms with Crippen LogP contribution in [0.4, 0.5) is 18.9 Å². The molecule has 3 atom stereocenters. The van der Waals surface area contributed by atoms with Gasteiger partial charge in [-0.05, 0) is 42.5 Å². The SMILES string of the molecule is CC(=O)N1CCC[C@H]1C(=O)N(C)[C@@H](c1ccc(N[C@H]2Cc3ccccc3C2(C)C)cn1)C(F)(F)F. The molecule has 9 heteroatoms. The van der Waals surface area contributed by atoms with Crippen LogP contribution in [0.1, 0.15) is 56.5 Å². The number of halogens is 3. The van der Waals surface area contributed by atoms with E-state index in [0.29, 0.717) is 30.0 Å². The molecule has 0 spiro atoms. The Bertz CT molecular complexity index is 1100. The summed E-state index contributed by atoms with van der Waals surface area (Å²) in [5, 5.41) is 3.43. The zero-order valence-corrected chi connectivity index (χ0v) is 20.4. The Kier molecular flexibility index (Phi) is 6.55. The van der Waals surface area contributed by atoms with E-state index in [9.17, 15) is 22.8 Å². The highest BCUT2D eigenvalue weighted by Crippen LogP contribution is 2.41. The van der Waals surface area contributed by atoms with Crippen molar-refractivity contribution in [3.05, 3.63) is 59.4 Å². The van der Waals surface area contributed by atoms with Gasteiger partial charge in [0.05, 0.1) is 17.6 Å². The lowest BCUT2D eigenvalue weighted by Gasteiger charge is -2.34. The second-order valence-corrected chi connectivity index (χ2v) is 10.0. The van der Waals surface area contributed by atoms with Crippen LogP contribution in [0.3, 0.4) is 0 Å². The molecular formula is C26H31F3N4O2. The number of likely N-dealkylation sites (N-methyl/N-ethyl adjacent to an activating group) is 1. The summed E-state index contributed by atoms with van der Waals surface area (Å²) in [6.45, 7) is 5.98. The van der Waals surface area contributed by atoms with Crippen molar-refractivity contribution >= 4 is 17.5 Å². The van der Waals surface area contributed by atoms with Crippen molar-refractivity contribution in [1.82, 2.24) is 14.8 Å². The van der Waals surface area contributed by atoms with E-state index < -0.39 is 24.2 Å². The van der Waals surface area contributed by atoms with Gasteiger partial charge in [0.2, 0.25) is 11.8 Å². The molecule has 1 aliphatic heterocycles. The van der Waals surface area contributed by atoms with E-state index in [1.807, 2.05) is 12.1 Å². The normalized spacial score (nSPS) is 22.0. The molecule has 1 saturated heterocycles. The van der Waals surface area contributed by atoms with Gasteiger partial charge in [0, 0.05) is 32.0 Å². The minimum Gasteiger partial charge on any atom is -0.380 e. The lowest BCUT2D eigenvalue weighted by atomic mass is 9.83. The standard InChI is InChI=1S/C26H31F3N4O2/c1-16(34)33-13-7-10-21(33)24(35)32(4)23(26(27,28)29)20-12-11-18(15-30-20)31-22-14-17-8-5-6-9-19(17)25(22,2)3/h5-6,8-9,11-12,15,21-23,31H,7,10,13-14H2,1-4H3/t21-,22-,23-/m0/s1. The summed E-state index contributed by atoms with van der Waals surface area (Å²) in [4.78, 5) is 31.0. The number of amides is 2. The van der Waals surface area contributed by atoms with E-state index in [4.69, 9.17) is 0 Å². The number of hydrogen-bond acceptors (Lipinski definition) is 4. The molecule has 0 saturated carbocycles. The lowest BCUT2D eigenvalue weighted by molar-refractivity contribution is -0.191. The molecule has 6 nitrogen and oxygen atoms in total. The molecule has 1 aromatic heterocycles. The van der Waals surface area contributed by atoms with Crippen molar-refractivity contribution in [2.45, 2.75) is 69.8 Å². The van der Waals surface area contributed by atoms with Crippen LogP contribution in [0.5, 0.6) is 0 Å². The average Bonchev–Trinajstić information content (AvgIpc) is 3.37. The summed E-state index contributed by atoms with van der Waals surface area (Å²) in [6, 6.07) is 8.09. The number of aromatic nitrogens is 1. The van der Waals surface area contributed by atoms with E-state index in [1.165, 1.54) is 35.2 Å². The molecular weight excluding hydrogens is 457 g/mol. The van der Waals surface area contributed by atoms with Crippen LogP contribution in [0, 0.1) is 0 Å². The molecule has 1 N–H and O–H groups in total. The number of alkyl halides is 3. The Morgan fingerprint density at radius 1 is 1.20 bits per heavy atom. The van der Waals surface area contributed by atoms with Gasteiger partial charge >= 0.3 is 6.18 Å². The van der Waals surface area contributed by atoms with Gasteiger partial charge in [-0.15, -0.1) is 0 Å². The number of pyridine rings is 1. The van der Waals surface area contributed by atoms with Crippen LogP contribution in [0.15, 0.2) is 42.6 Å². The van der Waals surface area contributed by atoms with Crippen molar-refractivity contribution in [2.75, 3.05) is 18.9 Å². The summed E-state index contributed by atoms with van der Waals surface area (Å²) in [7, 11) is 1.13. The number of benzene rings is 1. The lowest BCUT2D eigenvalue weighted by Crippen LogP contribution is -2.49. The third-order valence-corrected chi connectivity index (χ3v) is 7.40. The molecule has 1 aromatic carbocycles. The molecule has 1 aliphatic carbocycles. The number of carbonyl (C=O) groups is 2. The van der Waals surface area contributed by atoms with E-state index in [0.717, 1.165) is 13.5 Å². The van der Waals surface area contributed by atoms with Crippen LogP contribution < -0.4 is 5.32 Å². The molecule has 0 bridgehead atoms. The Labute approximate surface area is 203 Å². The van der Waals surface area contributed by atoms with Crippen molar-refractivity contribution in [3.63, 3.8) is 0 Å². The Hall–Kier alpha value is -3.10. The number of fused-ring (bicyclic) bond motifs is 1. The summed E-state index contributed by atoms with van der Waals surface area (Å²) in [5.74, 6) is -1.04. The second-order valence-electron chi connectivity index (χ2n) is 10.0. The van der Waals surface area contributed by atoms with E-state index in [2.05, 4.69) is 36.3 Å². The van der Waals surface area contributed by atoms with Crippen molar-refractivity contribution < 1.29 is 22.8 Å². The fourth-order valence-electron chi connectivity index (χ4n) is 5.42. The molecule has 2 aromatic rings. The summed E-state index contributed by atoms with van der Waals surface area (Å²) in [5.41, 5.74) is 2.71. The smallest absolute Gasteiger partial charge is 0.380 e. The van der Waals surface area contributed by atoms with Crippen molar-refractivity contribution in [1.29, 1.82) is 0 Å². The number of anilines is 1. The Morgan fingerprint density at radius 3 is 2.51 bits per heavy atom. The van der Waals surface area contributed by atoms with Gasteiger partial charge in [-0.2, -0.15) is 13.2 Å². The summed E-state index contributed by atoms with van der Waals surface area (Å²) >= 11 is 0. The van der Waals surface area contributed by atoms with Gasteiger partial charge in [0.25, 0.3) is 0 Å². The maximum absolute atomic E-state index is 14.1. The van der Waals surface area contributed by atoms with Gasteiger partial charge in [-0.3, -0.25) is 14.6 Å². The zero-order chi connectivity index (χ0) is 25.5. The molecule has 2 heterocycles. The quantitative estimate of drug-likeness (QED) is 0.675.